The van der Waals surface area contributed by atoms with E-state index >= 15 is 0 Å². The molecule has 3 rings (SSSR count). The van der Waals surface area contributed by atoms with Crippen molar-refractivity contribution in [1.82, 2.24) is 4.57 Å². The van der Waals surface area contributed by atoms with Crippen LogP contribution in [0.4, 0.5) is 10.1 Å². The first-order valence-electron chi connectivity index (χ1n) is 8.03. The molecule has 0 aliphatic carbocycles. The lowest BCUT2D eigenvalue weighted by Crippen LogP contribution is -2.26. The van der Waals surface area contributed by atoms with Gasteiger partial charge in [-0.05, 0) is 35.9 Å². The summed E-state index contributed by atoms with van der Waals surface area (Å²) in [5.74, 6) is -0.0334. The summed E-state index contributed by atoms with van der Waals surface area (Å²) in [6, 6.07) is 17.7. The third kappa shape index (κ3) is 4.80. The van der Waals surface area contributed by atoms with Crippen LogP contribution < -0.4 is 15.6 Å². The molecule has 0 aliphatic heterocycles. The van der Waals surface area contributed by atoms with Crippen LogP contribution in [0, 0.1) is 5.82 Å². The van der Waals surface area contributed by atoms with E-state index < -0.39 is 0 Å². The van der Waals surface area contributed by atoms with Gasteiger partial charge in [-0.2, -0.15) is 0 Å². The lowest BCUT2D eigenvalue weighted by molar-refractivity contribution is -0.116. The monoisotopic (exact) mass is 352 g/mol. The number of hydrogen-bond acceptors (Lipinski definition) is 3. The van der Waals surface area contributed by atoms with Crippen molar-refractivity contribution in [2.24, 2.45) is 0 Å². The van der Waals surface area contributed by atoms with Gasteiger partial charge in [0.1, 0.15) is 24.7 Å². The summed E-state index contributed by atoms with van der Waals surface area (Å²) in [7, 11) is 0. The highest BCUT2D eigenvalue weighted by molar-refractivity contribution is 5.90. The number of benzene rings is 2. The van der Waals surface area contributed by atoms with Crippen LogP contribution in [0.2, 0.25) is 0 Å². The number of rotatable bonds is 6. The molecule has 5 nitrogen and oxygen atoms in total. The molecule has 0 unspecified atom stereocenters. The average molecular weight is 352 g/mol. The first kappa shape index (κ1) is 17.4. The fourth-order valence-electron chi connectivity index (χ4n) is 2.36. The van der Waals surface area contributed by atoms with Crippen molar-refractivity contribution in [1.29, 1.82) is 0 Å². The highest BCUT2D eigenvalue weighted by Gasteiger charge is 2.06. The highest BCUT2D eigenvalue weighted by Crippen LogP contribution is 2.18. The van der Waals surface area contributed by atoms with Crippen LogP contribution in [0.1, 0.15) is 5.56 Å². The van der Waals surface area contributed by atoms with Crippen molar-refractivity contribution in [2.75, 3.05) is 5.32 Å². The molecule has 0 spiro atoms. The van der Waals surface area contributed by atoms with Gasteiger partial charge in [-0.3, -0.25) is 9.59 Å². The number of nitrogens with one attached hydrogen (secondary N) is 1. The van der Waals surface area contributed by atoms with Gasteiger partial charge in [0.05, 0.1) is 0 Å². The molecular formula is C20H17FN2O3. The molecule has 0 bridgehead atoms. The lowest BCUT2D eigenvalue weighted by atomic mass is 10.2. The Bertz CT molecular complexity index is 952. The van der Waals surface area contributed by atoms with E-state index in [-0.39, 0.29) is 30.4 Å². The first-order valence-corrected chi connectivity index (χ1v) is 8.03. The van der Waals surface area contributed by atoms with Gasteiger partial charge in [-0.15, -0.1) is 0 Å². The highest BCUT2D eigenvalue weighted by atomic mass is 19.1. The Morgan fingerprint density at radius 1 is 1.04 bits per heavy atom. The molecule has 0 atom stereocenters. The van der Waals surface area contributed by atoms with Crippen LogP contribution in [-0.2, 0) is 17.9 Å². The van der Waals surface area contributed by atoms with E-state index in [2.05, 4.69) is 5.32 Å². The zero-order chi connectivity index (χ0) is 18.4. The van der Waals surface area contributed by atoms with Gasteiger partial charge in [-0.1, -0.05) is 24.3 Å². The Labute approximate surface area is 149 Å². The molecule has 2 aromatic carbocycles. The standard InChI is InChI=1S/C20H17FN2O3/c21-16-9-7-15(8-10-16)14-26-18-5-3-4-17(12-18)22-19(24)13-23-11-2-1-6-20(23)25/h1-12H,13-14H2,(H,22,24). The second kappa shape index (κ2) is 8.11. The first-order chi connectivity index (χ1) is 12.6. The summed E-state index contributed by atoms with van der Waals surface area (Å²) in [6.45, 7) is 0.220. The Kier molecular flexibility index (Phi) is 5.43. The quantitative estimate of drug-likeness (QED) is 0.741. The fourth-order valence-corrected chi connectivity index (χ4v) is 2.36. The molecule has 132 valence electrons. The van der Waals surface area contributed by atoms with Crippen LogP contribution in [0.25, 0.3) is 0 Å². The van der Waals surface area contributed by atoms with Gasteiger partial charge < -0.3 is 14.6 Å². The maximum atomic E-state index is 12.9. The Morgan fingerprint density at radius 2 is 1.85 bits per heavy atom. The van der Waals surface area contributed by atoms with Crippen LogP contribution in [0.5, 0.6) is 5.75 Å². The number of aromatic nitrogens is 1. The number of pyridine rings is 1. The zero-order valence-electron chi connectivity index (χ0n) is 13.9. The molecule has 0 radical (unpaired) electrons. The molecule has 3 aromatic rings. The molecule has 0 aliphatic rings. The number of carbonyl (C=O) groups excluding carboxylic acids is 1. The van der Waals surface area contributed by atoms with Gasteiger partial charge >= 0.3 is 0 Å². The SMILES string of the molecule is O=C(Cn1ccccc1=O)Nc1cccc(OCc2ccc(F)cc2)c1. The number of nitrogens with zero attached hydrogens (tertiary/aromatic N) is 1. The molecule has 1 N–H and O–H groups in total. The number of hydrogen-bond donors (Lipinski definition) is 1. The molecule has 1 amide bonds. The minimum atomic E-state index is -0.311. The third-order valence-corrected chi connectivity index (χ3v) is 3.65. The van der Waals surface area contributed by atoms with Crippen LogP contribution in [0.3, 0.4) is 0 Å². The van der Waals surface area contributed by atoms with Crippen molar-refractivity contribution in [2.45, 2.75) is 13.2 Å². The Morgan fingerprint density at radius 3 is 2.62 bits per heavy atom. The van der Waals surface area contributed by atoms with E-state index in [1.165, 1.54) is 22.8 Å². The van der Waals surface area contributed by atoms with E-state index in [1.807, 2.05) is 0 Å². The molecule has 1 heterocycles. The fraction of sp³-hybridized carbons (Fsp3) is 0.100. The summed E-state index contributed by atoms with van der Waals surface area (Å²) >= 11 is 0. The predicted molar refractivity (Wildman–Crippen MR) is 96.5 cm³/mol. The van der Waals surface area contributed by atoms with Gasteiger partial charge in [-0.25, -0.2) is 4.39 Å². The van der Waals surface area contributed by atoms with Crippen molar-refractivity contribution in [3.05, 3.63) is 94.7 Å². The second-order valence-corrected chi connectivity index (χ2v) is 5.66. The summed E-state index contributed by atoms with van der Waals surface area (Å²) in [5, 5.41) is 2.74. The van der Waals surface area contributed by atoms with Crippen molar-refractivity contribution >= 4 is 11.6 Å². The molecule has 1 aromatic heterocycles. The normalized spacial score (nSPS) is 10.3. The van der Waals surface area contributed by atoms with Gasteiger partial charge in [0.15, 0.2) is 0 Å². The summed E-state index contributed by atoms with van der Waals surface area (Å²) in [4.78, 5) is 23.8. The maximum Gasteiger partial charge on any atom is 0.250 e. The molecule has 0 fully saturated rings. The average Bonchev–Trinajstić information content (AvgIpc) is 2.63. The van der Waals surface area contributed by atoms with E-state index in [9.17, 15) is 14.0 Å². The molecule has 26 heavy (non-hydrogen) atoms. The summed E-state index contributed by atoms with van der Waals surface area (Å²) in [5.41, 5.74) is 1.17. The largest absolute Gasteiger partial charge is 0.489 e. The summed E-state index contributed by atoms with van der Waals surface area (Å²) < 4.78 is 19.9. The smallest absolute Gasteiger partial charge is 0.250 e. The molecule has 6 heteroatoms. The van der Waals surface area contributed by atoms with Gasteiger partial charge in [0.2, 0.25) is 5.91 Å². The molecular weight excluding hydrogens is 335 g/mol. The molecule has 0 saturated carbocycles. The van der Waals surface area contributed by atoms with E-state index in [0.717, 1.165) is 5.56 Å². The Hall–Kier alpha value is -3.41. The number of amides is 1. The third-order valence-electron chi connectivity index (χ3n) is 3.65. The van der Waals surface area contributed by atoms with Crippen LogP contribution >= 0.6 is 0 Å². The van der Waals surface area contributed by atoms with Crippen molar-refractivity contribution < 1.29 is 13.9 Å². The van der Waals surface area contributed by atoms with Crippen LogP contribution in [-0.4, -0.2) is 10.5 Å². The maximum absolute atomic E-state index is 12.9. The number of halogens is 1. The minimum Gasteiger partial charge on any atom is -0.489 e. The van der Waals surface area contributed by atoms with Crippen LogP contribution in [0.15, 0.2) is 77.7 Å². The van der Waals surface area contributed by atoms with Crippen molar-refractivity contribution in [3.63, 3.8) is 0 Å². The van der Waals surface area contributed by atoms with E-state index in [4.69, 9.17) is 4.74 Å². The number of anilines is 1. The topological polar surface area (TPSA) is 60.3 Å². The van der Waals surface area contributed by atoms with E-state index in [1.54, 1.807) is 54.7 Å². The summed E-state index contributed by atoms with van der Waals surface area (Å²) in [6.07, 6.45) is 1.56. The number of carbonyl (C=O) groups is 1. The predicted octanol–water partition coefficient (Wildman–Crippen LogP) is 3.21. The van der Waals surface area contributed by atoms with Gasteiger partial charge in [0.25, 0.3) is 5.56 Å². The second-order valence-electron chi connectivity index (χ2n) is 5.66. The zero-order valence-corrected chi connectivity index (χ0v) is 13.9. The lowest BCUT2D eigenvalue weighted by Gasteiger charge is -2.10. The minimum absolute atomic E-state index is 0.0691. The van der Waals surface area contributed by atoms with E-state index in [0.29, 0.717) is 11.4 Å². The molecule has 0 saturated heterocycles. The Balaban J connectivity index is 1.60. The number of ether oxygens (including phenoxy) is 1. The van der Waals surface area contributed by atoms with Crippen molar-refractivity contribution in [3.8, 4) is 5.75 Å². The van der Waals surface area contributed by atoms with Gasteiger partial charge in [0, 0.05) is 24.0 Å².